The molecule has 2 fully saturated rings. The van der Waals surface area contributed by atoms with Crippen molar-refractivity contribution in [3.63, 3.8) is 0 Å². The van der Waals surface area contributed by atoms with Gasteiger partial charge in [-0.3, -0.25) is 4.79 Å². The number of benzene rings is 1. The number of nitrogens with one attached hydrogen (secondary N) is 1. The van der Waals surface area contributed by atoms with Crippen LogP contribution in [0.15, 0.2) is 12.1 Å². The van der Waals surface area contributed by atoms with Crippen molar-refractivity contribution < 1.29 is 18.3 Å². The minimum absolute atomic E-state index is 0.0571. The molecular weight excluding hydrogens is 338 g/mol. The van der Waals surface area contributed by atoms with E-state index in [1.54, 1.807) is 14.1 Å². The van der Waals surface area contributed by atoms with Gasteiger partial charge in [0, 0.05) is 25.7 Å². The summed E-state index contributed by atoms with van der Waals surface area (Å²) in [6.45, 7) is 2.62. The number of amides is 1. The average molecular weight is 366 g/mol. The van der Waals surface area contributed by atoms with Crippen LogP contribution in [0.4, 0.5) is 8.78 Å². The minimum atomic E-state index is -0.612. The molecule has 2 unspecified atom stereocenters. The fourth-order valence-corrected chi connectivity index (χ4v) is 3.91. The molecule has 1 N–H and O–H groups in total. The van der Waals surface area contributed by atoms with Gasteiger partial charge in [-0.1, -0.05) is 0 Å². The van der Waals surface area contributed by atoms with Gasteiger partial charge < -0.3 is 15.0 Å². The average Bonchev–Trinajstić information content (AvgIpc) is 3.39. The number of halogens is 2. The Balaban J connectivity index is 1.48. The SMILES string of the molecule is CN(C)C(=O)Cc1cc(F)c(OCCC2CC2C2CCNCC2)cc1F. The van der Waals surface area contributed by atoms with E-state index < -0.39 is 11.6 Å². The monoisotopic (exact) mass is 366 g/mol. The maximum atomic E-state index is 14.2. The maximum absolute atomic E-state index is 14.2. The highest BCUT2D eigenvalue weighted by Crippen LogP contribution is 2.49. The van der Waals surface area contributed by atoms with Gasteiger partial charge in [-0.15, -0.1) is 0 Å². The molecule has 0 spiro atoms. The second-order valence-electron chi connectivity index (χ2n) is 7.72. The molecule has 1 saturated heterocycles. The van der Waals surface area contributed by atoms with Gasteiger partial charge in [0.15, 0.2) is 11.6 Å². The van der Waals surface area contributed by atoms with E-state index in [4.69, 9.17) is 4.74 Å². The third-order valence-corrected chi connectivity index (χ3v) is 5.65. The van der Waals surface area contributed by atoms with Gasteiger partial charge in [0.25, 0.3) is 0 Å². The van der Waals surface area contributed by atoms with E-state index in [2.05, 4.69) is 5.32 Å². The molecule has 1 aromatic carbocycles. The summed E-state index contributed by atoms with van der Waals surface area (Å²) < 4.78 is 33.8. The van der Waals surface area contributed by atoms with Crippen molar-refractivity contribution in [1.82, 2.24) is 10.2 Å². The first-order valence-corrected chi connectivity index (χ1v) is 9.47. The molecule has 2 atom stereocenters. The molecule has 144 valence electrons. The summed E-state index contributed by atoms with van der Waals surface area (Å²) in [5.74, 6) is 0.695. The summed E-state index contributed by atoms with van der Waals surface area (Å²) in [4.78, 5) is 13.0. The largest absolute Gasteiger partial charge is 0.490 e. The van der Waals surface area contributed by atoms with Crippen molar-refractivity contribution in [2.75, 3.05) is 33.8 Å². The summed E-state index contributed by atoms with van der Waals surface area (Å²) in [6.07, 6.45) is 4.45. The van der Waals surface area contributed by atoms with Crippen LogP contribution < -0.4 is 10.1 Å². The van der Waals surface area contributed by atoms with Crippen molar-refractivity contribution in [1.29, 1.82) is 0 Å². The Kier molecular flexibility index (Phi) is 6.12. The number of hydrogen-bond acceptors (Lipinski definition) is 3. The predicted octanol–water partition coefficient (Wildman–Crippen LogP) is 3.00. The van der Waals surface area contributed by atoms with E-state index in [-0.39, 0.29) is 23.6 Å². The highest BCUT2D eigenvalue weighted by atomic mass is 19.1. The predicted molar refractivity (Wildman–Crippen MR) is 96.1 cm³/mol. The number of rotatable bonds is 7. The van der Waals surface area contributed by atoms with E-state index in [1.165, 1.54) is 24.2 Å². The molecule has 6 heteroatoms. The second-order valence-corrected chi connectivity index (χ2v) is 7.72. The van der Waals surface area contributed by atoms with Crippen LogP contribution in [0.2, 0.25) is 0 Å². The number of likely N-dealkylation sites (N-methyl/N-ethyl adjacent to an activating group) is 1. The first-order chi connectivity index (χ1) is 12.5. The second kappa shape index (κ2) is 8.33. The van der Waals surface area contributed by atoms with Gasteiger partial charge in [-0.05, 0) is 62.6 Å². The molecule has 4 nitrogen and oxygen atoms in total. The summed E-state index contributed by atoms with van der Waals surface area (Å²) >= 11 is 0. The number of piperidine rings is 1. The molecule has 1 aliphatic heterocycles. The lowest BCUT2D eigenvalue weighted by Gasteiger charge is -2.22. The molecule has 0 bridgehead atoms. The number of ether oxygens (including phenoxy) is 1. The van der Waals surface area contributed by atoms with Gasteiger partial charge in [0.1, 0.15) is 5.82 Å². The van der Waals surface area contributed by atoms with Crippen molar-refractivity contribution in [2.24, 2.45) is 17.8 Å². The van der Waals surface area contributed by atoms with E-state index in [0.29, 0.717) is 12.5 Å². The zero-order valence-electron chi connectivity index (χ0n) is 15.6. The highest BCUT2D eigenvalue weighted by Gasteiger charge is 2.42. The molecule has 1 saturated carbocycles. The van der Waals surface area contributed by atoms with Gasteiger partial charge >= 0.3 is 0 Å². The van der Waals surface area contributed by atoms with Gasteiger partial charge in [-0.25, -0.2) is 8.78 Å². The number of carbonyl (C=O) groups excluding carboxylic acids is 1. The number of carbonyl (C=O) groups is 1. The van der Waals surface area contributed by atoms with Crippen LogP contribution in [0.25, 0.3) is 0 Å². The van der Waals surface area contributed by atoms with Crippen LogP contribution >= 0.6 is 0 Å². The Morgan fingerprint density at radius 2 is 1.96 bits per heavy atom. The fourth-order valence-electron chi connectivity index (χ4n) is 3.91. The van der Waals surface area contributed by atoms with Gasteiger partial charge in [-0.2, -0.15) is 0 Å². The lowest BCUT2D eigenvalue weighted by atomic mass is 9.91. The number of hydrogen-bond donors (Lipinski definition) is 1. The molecule has 0 radical (unpaired) electrons. The smallest absolute Gasteiger partial charge is 0.226 e. The maximum Gasteiger partial charge on any atom is 0.226 e. The summed E-state index contributed by atoms with van der Waals surface area (Å²) in [7, 11) is 3.17. The molecule has 1 aromatic rings. The van der Waals surface area contributed by atoms with Crippen molar-refractivity contribution >= 4 is 5.91 Å². The van der Waals surface area contributed by atoms with Gasteiger partial charge in [0.2, 0.25) is 5.91 Å². The third-order valence-electron chi connectivity index (χ3n) is 5.65. The zero-order valence-corrected chi connectivity index (χ0v) is 15.6. The summed E-state index contributed by atoms with van der Waals surface area (Å²) in [6, 6.07) is 2.13. The van der Waals surface area contributed by atoms with Crippen molar-refractivity contribution in [3.8, 4) is 5.75 Å². The molecule has 1 heterocycles. The quantitative estimate of drug-likeness (QED) is 0.807. The first-order valence-electron chi connectivity index (χ1n) is 9.47. The number of nitrogens with zero attached hydrogens (tertiary/aromatic N) is 1. The standard InChI is InChI=1S/C20H28F2N2O2/c1-24(2)20(25)11-15-10-18(22)19(12-17(15)21)26-8-5-14-9-16(14)13-3-6-23-7-4-13/h10,12-14,16,23H,3-9,11H2,1-2H3. The van der Waals surface area contributed by atoms with Crippen LogP contribution in [-0.4, -0.2) is 44.6 Å². The van der Waals surface area contributed by atoms with Crippen LogP contribution in [0, 0.1) is 29.4 Å². The minimum Gasteiger partial charge on any atom is -0.490 e. The van der Waals surface area contributed by atoms with Gasteiger partial charge in [0.05, 0.1) is 13.0 Å². The normalized spacial score (nSPS) is 22.9. The van der Waals surface area contributed by atoms with E-state index >= 15 is 0 Å². The summed E-state index contributed by atoms with van der Waals surface area (Å²) in [5.41, 5.74) is 0.0571. The fraction of sp³-hybridized carbons (Fsp3) is 0.650. The van der Waals surface area contributed by atoms with E-state index in [0.717, 1.165) is 43.5 Å². The first kappa shape index (κ1) is 19.1. The van der Waals surface area contributed by atoms with Crippen molar-refractivity contribution in [3.05, 3.63) is 29.3 Å². The zero-order chi connectivity index (χ0) is 18.7. The Morgan fingerprint density at radius 3 is 2.65 bits per heavy atom. The molecule has 0 aromatic heterocycles. The lowest BCUT2D eigenvalue weighted by molar-refractivity contribution is -0.128. The van der Waals surface area contributed by atoms with E-state index in [1.807, 2.05) is 0 Å². The summed E-state index contributed by atoms with van der Waals surface area (Å²) in [5, 5.41) is 3.39. The molecule has 1 aliphatic carbocycles. The van der Waals surface area contributed by atoms with Crippen molar-refractivity contribution in [2.45, 2.75) is 32.1 Å². The Bertz CT molecular complexity index is 645. The van der Waals surface area contributed by atoms with E-state index in [9.17, 15) is 13.6 Å². The molecule has 1 amide bonds. The van der Waals surface area contributed by atoms with Crippen LogP contribution in [0.5, 0.6) is 5.75 Å². The molecule has 26 heavy (non-hydrogen) atoms. The van der Waals surface area contributed by atoms with Crippen LogP contribution in [0.3, 0.4) is 0 Å². The Morgan fingerprint density at radius 1 is 1.23 bits per heavy atom. The lowest BCUT2D eigenvalue weighted by Crippen LogP contribution is -2.29. The molecular formula is C20H28F2N2O2. The Labute approximate surface area is 153 Å². The molecule has 2 aliphatic rings. The van der Waals surface area contributed by atoms with Crippen LogP contribution in [-0.2, 0) is 11.2 Å². The Hall–Kier alpha value is -1.69. The highest BCUT2D eigenvalue weighted by molar-refractivity contribution is 5.78. The topological polar surface area (TPSA) is 41.6 Å². The third kappa shape index (κ3) is 4.72. The van der Waals surface area contributed by atoms with Crippen LogP contribution in [0.1, 0.15) is 31.2 Å². The molecule has 3 rings (SSSR count).